The normalized spacial score (nSPS) is 14.2. The fraction of sp³-hybridized carbons (Fsp3) is 0.333. The molecule has 0 aliphatic heterocycles. The Balaban J connectivity index is 1.77. The Morgan fingerprint density at radius 1 is 1.40 bits per heavy atom. The lowest BCUT2D eigenvalue weighted by atomic mass is 10.1. The van der Waals surface area contributed by atoms with E-state index in [0.717, 1.165) is 12.8 Å². The third-order valence-corrected chi connectivity index (χ3v) is 3.40. The van der Waals surface area contributed by atoms with Gasteiger partial charge in [-0.2, -0.15) is 5.10 Å². The van der Waals surface area contributed by atoms with Gasteiger partial charge in [-0.1, -0.05) is 18.2 Å². The van der Waals surface area contributed by atoms with Crippen LogP contribution in [0.5, 0.6) is 11.6 Å². The lowest BCUT2D eigenvalue weighted by molar-refractivity contribution is 0.0917. The smallest absolute Gasteiger partial charge is 0.220 e. The lowest BCUT2D eigenvalue weighted by Crippen LogP contribution is -2.13. The fourth-order valence-electron chi connectivity index (χ4n) is 2.18. The number of aryl methyl sites for hydroxylation is 1. The summed E-state index contributed by atoms with van der Waals surface area (Å²) in [4.78, 5) is 12.3. The van der Waals surface area contributed by atoms with Gasteiger partial charge >= 0.3 is 0 Å². The molecule has 1 aliphatic carbocycles. The molecule has 0 saturated heterocycles. The van der Waals surface area contributed by atoms with Gasteiger partial charge in [0.1, 0.15) is 11.3 Å². The van der Waals surface area contributed by atoms with Crippen molar-refractivity contribution in [2.75, 3.05) is 6.61 Å². The summed E-state index contributed by atoms with van der Waals surface area (Å²) in [5, 5.41) is 14.2. The molecule has 1 aromatic carbocycles. The monoisotopic (exact) mass is 272 g/mol. The first-order valence-electron chi connectivity index (χ1n) is 6.63. The Morgan fingerprint density at radius 2 is 2.10 bits per heavy atom. The van der Waals surface area contributed by atoms with Crippen LogP contribution in [-0.2, 0) is 7.05 Å². The molecule has 1 heterocycles. The number of aromatic nitrogens is 2. The third-order valence-electron chi connectivity index (χ3n) is 3.40. The molecule has 1 aliphatic rings. The summed E-state index contributed by atoms with van der Waals surface area (Å²) >= 11 is 0. The molecule has 2 aromatic rings. The van der Waals surface area contributed by atoms with Crippen LogP contribution in [0, 0.1) is 0 Å². The quantitative estimate of drug-likeness (QED) is 0.848. The Hall–Kier alpha value is -2.30. The van der Waals surface area contributed by atoms with Gasteiger partial charge in [-0.25, -0.2) is 4.68 Å². The summed E-state index contributed by atoms with van der Waals surface area (Å²) in [5.74, 6) is 0.630. The van der Waals surface area contributed by atoms with E-state index in [4.69, 9.17) is 4.74 Å². The van der Waals surface area contributed by atoms with Crippen LogP contribution in [0.2, 0.25) is 0 Å². The first-order valence-corrected chi connectivity index (χ1v) is 6.63. The summed E-state index contributed by atoms with van der Waals surface area (Å²) in [6.45, 7) is -0.0943. The highest BCUT2D eigenvalue weighted by molar-refractivity contribution is 6.00. The van der Waals surface area contributed by atoms with Crippen molar-refractivity contribution in [3.05, 3.63) is 41.6 Å². The highest BCUT2D eigenvalue weighted by Crippen LogP contribution is 2.42. The van der Waals surface area contributed by atoms with Crippen LogP contribution in [0.1, 0.15) is 34.8 Å². The molecular formula is C15H16N2O3. The van der Waals surface area contributed by atoms with Crippen molar-refractivity contribution in [3.63, 3.8) is 0 Å². The highest BCUT2D eigenvalue weighted by atomic mass is 16.5. The van der Waals surface area contributed by atoms with Crippen molar-refractivity contribution in [2.24, 2.45) is 7.05 Å². The summed E-state index contributed by atoms with van der Waals surface area (Å²) in [6, 6.07) is 9.15. The highest BCUT2D eigenvalue weighted by Gasteiger charge is 2.34. The lowest BCUT2D eigenvalue weighted by Gasteiger charge is -2.05. The largest absolute Gasteiger partial charge is 0.493 e. The van der Waals surface area contributed by atoms with Crippen molar-refractivity contribution in [1.29, 1.82) is 0 Å². The van der Waals surface area contributed by atoms with Crippen LogP contribution in [0.15, 0.2) is 30.3 Å². The standard InChI is InChI=1S/C15H16N2O3/c1-17-15(19)13(14(16-17)10-7-8-10)12(18)9-20-11-5-3-2-4-6-11/h2-6,10,19H,7-9H2,1H3. The average molecular weight is 272 g/mol. The molecule has 0 atom stereocenters. The molecule has 20 heavy (non-hydrogen) atoms. The van der Waals surface area contributed by atoms with Gasteiger partial charge in [-0.05, 0) is 25.0 Å². The van der Waals surface area contributed by atoms with Gasteiger partial charge in [0.05, 0.1) is 5.69 Å². The fourth-order valence-corrected chi connectivity index (χ4v) is 2.18. The Bertz CT molecular complexity index is 630. The summed E-state index contributed by atoms with van der Waals surface area (Å²) in [7, 11) is 1.63. The number of ether oxygens (including phenoxy) is 1. The number of benzene rings is 1. The number of aromatic hydroxyl groups is 1. The summed E-state index contributed by atoms with van der Waals surface area (Å²) in [6.07, 6.45) is 2.05. The van der Waals surface area contributed by atoms with E-state index < -0.39 is 0 Å². The molecule has 0 amide bonds. The van der Waals surface area contributed by atoms with E-state index in [1.807, 2.05) is 18.2 Å². The first-order chi connectivity index (χ1) is 9.66. The predicted octanol–water partition coefficient (Wildman–Crippen LogP) is 2.26. The van der Waals surface area contributed by atoms with Gasteiger partial charge < -0.3 is 9.84 Å². The number of Topliss-reactive ketones (excluding diaryl/α,β-unsaturated/α-hetero) is 1. The molecule has 1 saturated carbocycles. The van der Waals surface area contributed by atoms with Crippen LogP contribution < -0.4 is 4.74 Å². The minimum Gasteiger partial charge on any atom is -0.493 e. The molecule has 0 radical (unpaired) electrons. The maximum Gasteiger partial charge on any atom is 0.220 e. The molecule has 5 nitrogen and oxygen atoms in total. The Labute approximate surface area is 116 Å². The molecule has 3 rings (SSSR count). The van der Waals surface area contributed by atoms with E-state index in [1.54, 1.807) is 19.2 Å². The van der Waals surface area contributed by atoms with Crippen molar-refractivity contribution < 1.29 is 14.6 Å². The maximum atomic E-state index is 12.3. The van der Waals surface area contributed by atoms with Crippen molar-refractivity contribution in [1.82, 2.24) is 9.78 Å². The third kappa shape index (κ3) is 2.39. The average Bonchev–Trinajstić information content (AvgIpc) is 3.25. The topological polar surface area (TPSA) is 64.4 Å². The summed E-state index contributed by atoms with van der Waals surface area (Å²) < 4.78 is 6.79. The maximum absolute atomic E-state index is 12.3. The second kappa shape index (κ2) is 5.00. The van der Waals surface area contributed by atoms with Crippen LogP contribution in [0.4, 0.5) is 0 Å². The van der Waals surface area contributed by atoms with Gasteiger partial charge in [0.2, 0.25) is 11.7 Å². The number of carbonyl (C=O) groups is 1. The molecule has 104 valence electrons. The molecular weight excluding hydrogens is 256 g/mol. The number of ketones is 1. The molecule has 0 spiro atoms. The van der Waals surface area contributed by atoms with Crippen molar-refractivity contribution in [3.8, 4) is 11.6 Å². The van der Waals surface area contributed by atoms with Crippen LogP contribution >= 0.6 is 0 Å². The SMILES string of the molecule is Cn1nc(C2CC2)c(C(=O)COc2ccccc2)c1O. The van der Waals surface area contributed by atoms with Gasteiger partial charge in [-0.3, -0.25) is 4.79 Å². The zero-order chi connectivity index (χ0) is 14.1. The van der Waals surface area contributed by atoms with E-state index >= 15 is 0 Å². The zero-order valence-corrected chi connectivity index (χ0v) is 11.2. The Kier molecular flexibility index (Phi) is 3.18. The van der Waals surface area contributed by atoms with Gasteiger partial charge in [0.25, 0.3) is 0 Å². The zero-order valence-electron chi connectivity index (χ0n) is 11.2. The number of hydrogen-bond donors (Lipinski definition) is 1. The van der Waals surface area contributed by atoms with E-state index in [0.29, 0.717) is 22.9 Å². The van der Waals surface area contributed by atoms with Gasteiger partial charge in [-0.15, -0.1) is 0 Å². The molecule has 0 bridgehead atoms. The number of para-hydroxylation sites is 1. The minimum atomic E-state index is -0.235. The number of nitrogens with zero attached hydrogens (tertiary/aromatic N) is 2. The molecule has 1 fully saturated rings. The molecule has 5 heteroatoms. The van der Waals surface area contributed by atoms with E-state index in [-0.39, 0.29) is 18.3 Å². The predicted molar refractivity (Wildman–Crippen MR) is 73.1 cm³/mol. The van der Waals surface area contributed by atoms with Crippen molar-refractivity contribution >= 4 is 5.78 Å². The minimum absolute atomic E-state index is 0.0754. The first kappa shape index (κ1) is 12.7. The van der Waals surface area contributed by atoms with Crippen molar-refractivity contribution in [2.45, 2.75) is 18.8 Å². The Morgan fingerprint density at radius 3 is 2.75 bits per heavy atom. The van der Waals surface area contributed by atoms with E-state index in [2.05, 4.69) is 5.10 Å². The van der Waals surface area contributed by atoms with E-state index in [9.17, 15) is 9.90 Å². The summed E-state index contributed by atoms with van der Waals surface area (Å²) in [5.41, 5.74) is 1.01. The van der Waals surface area contributed by atoms with Crippen LogP contribution in [-0.4, -0.2) is 27.3 Å². The van der Waals surface area contributed by atoms with Gasteiger partial charge in [0, 0.05) is 13.0 Å². The second-order valence-electron chi connectivity index (χ2n) is 5.01. The van der Waals surface area contributed by atoms with E-state index in [1.165, 1.54) is 4.68 Å². The second-order valence-corrected chi connectivity index (χ2v) is 5.01. The molecule has 1 aromatic heterocycles. The van der Waals surface area contributed by atoms with Gasteiger partial charge in [0.15, 0.2) is 6.61 Å². The van der Waals surface area contributed by atoms with Crippen LogP contribution in [0.25, 0.3) is 0 Å². The molecule has 0 unspecified atom stereocenters. The number of rotatable bonds is 5. The van der Waals surface area contributed by atoms with Crippen LogP contribution in [0.3, 0.4) is 0 Å². The number of carbonyl (C=O) groups excluding carboxylic acids is 1. The molecule has 1 N–H and O–H groups in total. The number of hydrogen-bond acceptors (Lipinski definition) is 4.